The van der Waals surface area contributed by atoms with Crippen molar-refractivity contribution in [1.29, 1.82) is 0 Å². The van der Waals surface area contributed by atoms with Crippen LogP contribution < -0.4 is 0 Å². The molecule has 0 amide bonds. The van der Waals surface area contributed by atoms with E-state index < -0.39 is 0 Å². The second-order valence-corrected chi connectivity index (χ2v) is 5.71. The molecule has 0 heterocycles. The fraction of sp³-hybridized carbons (Fsp3) is 0.143. The molecular formula is C21H20O. The van der Waals surface area contributed by atoms with Gasteiger partial charge in [0, 0.05) is 0 Å². The van der Waals surface area contributed by atoms with Crippen LogP contribution in [0.25, 0.3) is 21.9 Å². The van der Waals surface area contributed by atoms with E-state index >= 15 is 0 Å². The van der Waals surface area contributed by atoms with Gasteiger partial charge in [-0.1, -0.05) is 66.7 Å². The first kappa shape index (κ1) is 14.6. The number of rotatable bonds is 5. The van der Waals surface area contributed by atoms with E-state index in [1.807, 2.05) is 13.0 Å². The smallest absolute Gasteiger partial charge is 0.0721 e. The van der Waals surface area contributed by atoms with Crippen molar-refractivity contribution in [3.05, 3.63) is 84.4 Å². The lowest BCUT2D eigenvalue weighted by molar-refractivity contribution is 0.143. The highest BCUT2D eigenvalue weighted by Gasteiger charge is 2.01. The molecule has 0 N–H and O–H groups in total. The lowest BCUT2D eigenvalue weighted by Crippen LogP contribution is -1.95. The van der Waals surface area contributed by atoms with E-state index in [0.717, 1.165) is 5.57 Å². The van der Waals surface area contributed by atoms with E-state index in [1.165, 1.54) is 27.5 Å². The Labute approximate surface area is 131 Å². The van der Waals surface area contributed by atoms with Gasteiger partial charge in [-0.25, -0.2) is 0 Å². The molecule has 0 aliphatic carbocycles. The van der Waals surface area contributed by atoms with Crippen LogP contribution in [0.3, 0.4) is 0 Å². The van der Waals surface area contributed by atoms with Crippen LogP contribution in [-0.4, -0.2) is 6.61 Å². The highest BCUT2D eigenvalue weighted by Crippen LogP contribution is 2.25. The number of benzene rings is 3. The molecule has 110 valence electrons. The molecule has 22 heavy (non-hydrogen) atoms. The van der Waals surface area contributed by atoms with E-state index in [1.54, 1.807) is 0 Å². The average molecular weight is 288 g/mol. The summed E-state index contributed by atoms with van der Waals surface area (Å²) in [5.41, 5.74) is 4.74. The van der Waals surface area contributed by atoms with Crippen LogP contribution in [0.15, 0.2) is 78.9 Å². The van der Waals surface area contributed by atoms with Crippen LogP contribution in [0.2, 0.25) is 0 Å². The minimum atomic E-state index is 0.616. The molecule has 1 nitrogen and oxygen atoms in total. The van der Waals surface area contributed by atoms with Gasteiger partial charge in [0.1, 0.15) is 0 Å². The van der Waals surface area contributed by atoms with Crippen LogP contribution in [-0.2, 0) is 11.3 Å². The molecule has 0 aliphatic rings. The van der Waals surface area contributed by atoms with Gasteiger partial charge in [-0.15, -0.1) is 0 Å². The molecule has 1 heteroatoms. The first-order chi connectivity index (χ1) is 10.7. The second kappa shape index (κ2) is 6.59. The van der Waals surface area contributed by atoms with Crippen LogP contribution >= 0.6 is 0 Å². The van der Waals surface area contributed by atoms with Crippen molar-refractivity contribution in [3.8, 4) is 11.1 Å². The first-order valence-corrected chi connectivity index (χ1v) is 7.52. The topological polar surface area (TPSA) is 9.23 Å². The Balaban J connectivity index is 1.84. The summed E-state index contributed by atoms with van der Waals surface area (Å²) in [7, 11) is 0. The molecule has 0 bridgehead atoms. The van der Waals surface area contributed by atoms with Gasteiger partial charge < -0.3 is 4.74 Å². The molecule has 3 aromatic rings. The third kappa shape index (κ3) is 3.44. The van der Waals surface area contributed by atoms with Crippen molar-refractivity contribution < 1.29 is 4.74 Å². The molecule has 3 aromatic carbocycles. The summed E-state index contributed by atoms with van der Waals surface area (Å²) in [5.74, 6) is 0. The quantitative estimate of drug-likeness (QED) is 0.555. The summed E-state index contributed by atoms with van der Waals surface area (Å²) in [6.45, 7) is 7.07. The third-order valence-electron chi connectivity index (χ3n) is 3.63. The molecule has 0 aliphatic heterocycles. The summed E-state index contributed by atoms with van der Waals surface area (Å²) in [4.78, 5) is 0. The van der Waals surface area contributed by atoms with Gasteiger partial charge in [0.15, 0.2) is 0 Å². The molecule has 0 radical (unpaired) electrons. The van der Waals surface area contributed by atoms with Crippen molar-refractivity contribution in [2.24, 2.45) is 0 Å². The summed E-state index contributed by atoms with van der Waals surface area (Å²) in [5, 5.41) is 2.50. The molecule has 0 atom stereocenters. The molecule has 0 spiro atoms. The Kier molecular flexibility index (Phi) is 4.36. The predicted molar refractivity (Wildman–Crippen MR) is 93.9 cm³/mol. The number of hydrogen-bond donors (Lipinski definition) is 0. The summed E-state index contributed by atoms with van der Waals surface area (Å²) >= 11 is 0. The maximum Gasteiger partial charge on any atom is 0.0721 e. The van der Waals surface area contributed by atoms with Gasteiger partial charge in [-0.3, -0.25) is 0 Å². The Hall–Kier alpha value is -2.38. The Bertz CT molecular complexity index is 787. The standard InChI is InChI=1S/C21H20O/c1-16(2)14-22-15-17-8-9-21-13-20(11-10-19(21)12-17)18-6-4-3-5-7-18/h3-13H,1,14-15H2,2H3. The van der Waals surface area contributed by atoms with E-state index in [0.29, 0.717) is 13.2 Å². The fourth-order valence-corrected chi connectivity index (χ4v) is 2.54. The maximum atomic E-state index is 5.62. The maximum absolute atomic E-state index is 5.62. The molecule has 0 aromatic heterocycles. The van der Waals surface area contributed by atoms with Crippen LogP contribution in [0, 0.1) is 0 Å². The van der Waals surface area contributed by atoms with E-state index in [4.69, 9.17) is 4.74 Å². The van der Waals surface area contributed by atoms with Crippen molar-refractivity contribution in [3.63, 3.8) is 0 Å². The highest BCUT2D eigenvalue weighted by atomic mass is 16.5. The summed E-state index contributed by atoms with van der Waals surface area (Å²) in [6, 6.07) is 23.6. The number of fused-ring (bicyclic) bond motifs is 1. The fourth-order valence-electron chi connectivity index (χ4n) is 2.54. The lowest BCUT2D eigenvalue weighted by atomic mass is 10.0. The normalized spacial score (nSPS) is 10.8. The predicted octanol–water partition coefficient (Wildman–Crippen LogP) is 5.60. The minimum absolute atomic E-state index is 0.616. The van der Waals surface area contributed by atoms with Gasteiger partial charge >= 0.3 is 0 Å². The van der Waals surface area contributed by atoms with Crippen LogP contribution in [0.1, 0.15) is 12.5 Å². The van der Waals surface area contributed by atoms with Gasteiger partial charge in [0.2, 0.25) is 0 Å². The van der Waals surface area contributed by atoms with Crippen molar-refractivity contribution >= 4 is 10.8 Å². The van der Waals surface area contributed by atoms with Crippen molar-refractivity contribution in [1.82, 2.24) is 0 Å². The van der Waals surface area contributed by atoms with Crippen LogP contribution in [0.5, 0.6) is 0 Å². The van der Waals surface area contributed by atoms with E-state index in [9.17, 15) is 0 Å². The van der Waals surface area contributed by atoms with Gasteiger partial charge in [-0.2, -0.15) is 0 Å². The molecule has 0 fully saturated rings. The van der Waals surface area contributed by atoms with Crippen molar-refractivity contribution in [2.75, 3.05) is 6.61 Å². The monoisotopic (exact) mass is 288 g/mol. The molecule has 0 saturated carbocycles. The van der Waals surface area contributed by atoms with E-state index in [-0.39, 0.29) is 0 Å². The zero-order chi connectivity index (χ0) is 15.4. The largest absolute Gasteiger partial charge is 0.372 e. The second-order valence-electron chi connectivity index (χ2n) is 5.71. The third-order valence-corrected chi connectivity index (χ3v) is 3.63. The molecular weight excluding hydrogens is 268 g/mol. The Morgan fingerprint density at radius 3 is 2.36 bits per heavy atom. The zero-order valence-electron chi connectivity index (χ0n) is 12.9. The number of hydrogen-bond acceptors (Lipinski definition) is 1. The Morgan fingerprint density at radius 2 is 1.59 bits per heavy atom. The Morgan fingerprint density at radius 1 is 0.864 bits per heavy atom. The van der Waals surface area contributed by atoms with Gasteiger partial charge in [-0.05, 0) is 46.5 Å². The number of ether oxygens (including phenoxy) is 1. The van der Waals surface area contributed by atoms with Gasteiger partial charge in [0.25, 0.3) is 0 Å². The zero-order valence-corrected chi connectivity index (χ0v) is 12.9. The molecule has 0 unspecified atom stereocenters. The summed E-state index contributed by atoms with van der Waals surface area (Å²) in [6.07, 6.45) is 0. The molecule has 3 rings (SSSR count). The van der Waals surface area contributed by atoms with Crippen molar-refractivity contribution in [2.45, 2.75) is 13.5 Å². The first-order valence-electron chi connectivity index (χ1n) is 7.52. The lowest BCUT2D eigenvalue weighted by Gasteiger charge is -2.07. The minimum Gasteiger partial charge on any atom is -0.372 e. The average Bonchev–Trinajstić information content (AvgIpc) is 2.55. The molecule has 0 saturated heterocycles. The highest BCUT2D eigenvalue weighted by molar-refractivity contribution is 5.87. The SMILES string of the molecule is C=C(C)COCc1ccc2cc(-c3ccccc3)ccc2c1. The van der Waals surface area contributed by atoms with E-state index in [2.05, 4.69) is 67.2 Å². The van der Waals surface area contributed by atoms with Gasteiger partial charge in [0.05, 0.1) is 13.2 Å². The van der Waals surface area contributed by atoms with Crippen LogP contribution in [0.4, 0.5) is 0 Å². The summed E-state index contributed by atoms with van der Waals surface area (Å²) < 4.78 is 5.62.